The molecule has 9 nitrogen and oxygen atoms in total. The van der Waals surface area contributed by atoms with Crippen molar-refractivity contribution < 1.29 is 14.4 Å². The normalized spacial score (nSPS) is 15.9. The van der Waals surface area contributed by atoms with Crippen LogP contribution < -0.4 is 9.80 Å². The Balaban J connectivity index is 1.27. The van der Waals surface area contributed by atoms with Gasteiger partial charge in [0.15, 0.2) is 0 Å². The molecule has 9 heteroatoms. The van der Waals surface area contributed by atoms with Gasteiger partial charge in [0.25, 0.3) is 11.8 Å². The lowest BCUT2D eigenvalue weighted by molar-refractivity contribution is -0.131. The lowest BCUT2D eigenvalue weighted by Gasteiger charge is -2.35. The summed E-state index contributed by atoms with van der Waals surface area (Å²) >= 11 is 0. The van der Waals surface area contributed by atoms with Crippen molar-refractivity contribution in [3.05, 3.63) is 47.3 Å². The number of fused-ring (bicyclic) bond motifs is 1. The fraction of sp³-hybridized carbons (Fsp3) is 0.435. The van der Waals surface area contributed by atoms with Crippen molar-refractivity contribution in [2.24, 2.45) is 0 Å². The van der Waals surface area contributed by atoms with Crippen LogP contribution in [-0.4, -0.2) is 84.3 Å². The largest absolute Gasteiger partial charge is 0.363 e. The molecule has 2 aliphatic rings. The molecule has 0 unspecified atom stereocenters. The standard InChI is InChI=1S/C23H28N6O3/c1-16-24-19(26(2)3)15-20(25-16)27-11-13-28(14-12-27)21(30)9-6-10-29-22(31)17-7-4-5-8-18(17)23(29)32/h4-5,7-8,15H,6,9-14H2,1-3H3. The lowest BCUT2D eigenvalue weighted by Crippen LogP contribution is -2.49. The van der Waals surface area contributed by atoms with Gasteiger partial charge >= 0.3 is 0 Å². The van der Waals surface area contributed by atoms with E-state index in [4.69, 9.17) is 0 Å². The first-order valence-corrected chi connectivity index (χ1v) is 10.9. The van der Waals surface area contributed by atoms with Crippen LogP contribution in [0.3, 0.4) is 0 Å². The summed E-state index contributed by atoms with van der Waals surface area (Å²) in [4.78, 5) is 53.8. The zero-order valence-electron chi connectivity index (χ0n) is 18.7. The fourth-order valence-corrected chi connectivity index (χ4v) is 4.10. The lowest BCUT2D eigenvalue weighted by atomic mass is 10.1. The molecule has 2 aliphatic heterocycles. The summed E-state index contributed by atoms with van der Waals surface area (Å²) < 4.78 is 0. The van der Waals surface area contributed by atoms with E-state index in [1.54, 1.807) is 24.3 Å². The van der Waals surface area contributed by atoms with Gasteiger partial charge < -0.3 is 14.7 Å². The van der Waals surface area contributed by atoms with Crippen molar-refractivity contribution in [1.82, 2.24) is 19.8 Å². The molecular formula is C23H28N6O3. The van der Waals surface area contributed by atoms with Gasteiger partial charge in [0.2, 0.25) is 5.91 Å². The summed E-state index contributed by atoms with van der Waals surface area (Å²) in [5, 5.41) is 0. The average Bonchev–Trinajstić information content (AvgIpc) is 3.03. The van der Waals surface area contributed by atoms with Crippen LogP contribution in [0.1, 0.15) is 39.4 Å². The minimum absolute atomic E-state index is 0.0501. The van der Waals surface area contributed by atoms with Gasteiger partial charge in [-0.25, -0.2) is 9.97 Å². The first-order valence-electron chi connectivity index (χ1n) is 10.9. The number of imide groups is 1. The van der Waals surface area contributed by atoms with Crippen molar-refractivity contribution in [3.8, 4) is 0 Å². The van der Waals surface area contributed by atoms with Crippen LogP contribution in [0.25, 0.3) is 0 Å². The van der Waals surface area contributed by atoms with Gasteiger partial charge in [-0.2, -0.15) is 0 Å². The highest BCUT2D eigenvalue weighted by Crippen LogP contribution is 2.23. The molecule has 0 aliphatic carbocycles. The van der Waals surface area contributed by atoms with Gasteiger partial charge in [-0.05, 0) is 25.5 Å². The van der Waals surface area contributed by atoms with Gasteiger partial charge in [0.05, 0.1) is 11.1 Å². The quantitative estimate of drug-likeness (QED) is 0.635. The second-order valence-corrected chi connectivity index (χ2v) is 8.30. The summed E-state index contributed by atoms with van der Waals surface area (Å²) in [6.07, 6.45) is 0.770. The molecule has 168 valence electrons. The van der Waals surface area contributed by atoms with Crippen molar-refractivity contribution in [1.29, 1.82) is 0 Å². The molecular weight excluding hydrogens is 408 g/mol. The van der Waals surface area contributed by atoms with Crippen molar-refractivity contribution >= 4 is 29.4 Å². The highest BCUT2D eigenvalue weighted by atomic mass is 16.2. The molecule has 32 heavy (non-hydrogen) atoms. The van der Waals surface area contributed by atoms with Gasteiger partial charge in [0, 0.05) is 59.3 Å². The third-order valence-corrected chi connectivity index (χ3v) is 5.88. The van der Waals surface area contributed by atoms with E-state index in [1.807, 2.05) is 36.9 Å². The third kappa shape index (κ3) is 4.28. The average molecular weight is 437 g/mol. The van der Waals surface area contributed by atoms with Gasteiger partial charge in [-0.3, -0.25) is 19.3 Å². The van der Waals surface area contributed by atoms with Crippen LogP contribution in [0.4, 0.5) is 11.6 Å². The Kier molecular flexibility index (Phi) is 6.07. The Bertz CT molecular complexity index is 1010. The van der Waals surface area contributed by atoms with E-state index in [9.17, 15) is 14.4 Å². The van der Waals surface area contributed by atoms with Crippen LogP contribution in [-0.2, 0) is 4.79 Å². The number of carbonyl (C=O) groups excluding carboxylic acids is 3. The summed E-state index contributed by atoms with van der Waals surface area (Å²) in [6, 6.07) is 8.80. The molecule has 1 saturated heterocycles. The highest BCUT2D eigenvalue weighted by Gasteiger charge is 2.34. The van der Waals surface area contributed by atoms with Crippen molar-refractivity contribution in [3.63, 3.8) is 0 Å². The SMILES string of the molecule is Cc1nc(N(C)C)cc(N2CCN(C(=O)CCCN3C(=O)c4ccccc4C3=O)CC2)n1. The van der Waals surface area contributed by atoms with Gasteiger partial charge in [-0.15, -0.1) is 0 Å². The molecule has 0 bridgehead atoms. The maximum atomic E-state index is 12.7. The molecule has 3 amide bonds. The number of aryl methyl sites for hydroxylation is 1. The molecule has 0 saturated carbocycles. The summed E-state index contributed by atoms with van der Waals surface area (Å²) in [5.41, 5.74) is 0.884. The number of rotatable bonds is 6. The second-order valence-electron chi connectivity index (χ2n) is 8.30. The van der Waals surface area contributed by atoms with E-state index in [0.717, 1.165) is 17.5 Å². The molecule has 4 rings (SSSR count). The first-order chi connectivity index (χ1) is 15.3. The van der Waals surface area contributed by atoms with E-state index in [1.165, 1.54) is 4.90 Å². The Morgan fingerprint density at radius 2 is 1.62 bits per heavy atom. The number of hydrogen-bond donors (Lipinski definition) is 0. The summed E-state index contributed by atoms with van der Waals surface area (Å²) in [6.45, 7) is 4.77. The number of piperazine rings is 1. The first kappa shape index (κ1) is 21.7. The predicted octanol–water partition coefficient (Wildman–Crippen LogP) is 1.58. The highest BCUT2D eigenvalue weighted by molar-refractivity contribution is 6.21. The number of benzene rings is 1. The van der Waals surface area contributed by atoms with E-state index in [-0.39, 0.29) is 24.3 Å². The van der Waals surface area contributed by atoms with E-state index in [2.05, 4.69) is 14.9 Å². The number of amides is 3. The second kappa shape index (κ2) is 8.94. The number of carbonyl (C=O) groups is 3. The Hall–Kier alpha value is -3.49. The number of nitrogens with zero attached hydrogens (tertiary/aromatic N) is 6. The molecule has 0 atom stereocenters. The van der Waals surface area contributed by atoms with Crippen LogP contribution in [0.5, 0.6) is 0 Å². The van der Waals surface area contributed by atoms with E-state index >= 15 is 0 Å². The summed E-state index contributed by atoms with van der Waals surface area (Å²) in [5.74, 6) is 1.96. The molecule has 3 heterocycles. The molecule has 1 fully saturated rings. The zero-order valence-corrected chi connectivity index (χ0v) is 18.7. The molecule has 0 radical (unpaired) electrons. The van der Waals surface area contributed by atoms with Crippen LogP contribution in [0.15, 0.2) is 30.3 Å². The molecule has 2 aromatic rings. The van der Waals surface area contributed by atoms with Crippen LogP contribution >= 0.6 is 0 Å². The maximum absolute atomic E-state index is 12.7. The Morgan fingerprint density at radius 1 is 1.00 bits per heavy atom. The fourth-order valence-electron chi connectivity index (χ4n) is 4.10. The Morgan fingerprint density at radius 3 is 2.22 bits per heavy atom. The number of anilines is 2. The monoisotopic (exact) mass is 436 g/mol. The van der Waals surface area contributed by atoms with Crippen LogP contribution in [0, 0.1) is 6.92 Å². The smallest absolute Gasteiger partial charge is 0.261 e. The molecule has 0 spiro atoms. The van der Waals surface area contributed by atoms with Crippen molar-refractivity contribution in [2.75, 3.05) is 56.6 Å². The van der Waals surface area contributed by atoms with Crippen LogP contribution in [0.2, 0.25) is 0 Å². The minimum atomic E-state index is -0.274. The number of hydrogen-bond acceptors (Lipinski definition) is 7. The minimum Gasteiger partial charge on any atom is -0.363 e. The van der Waals surface area contributed by atoms with Crippen molar-refractivity contribution in [2.45, 2.75) is 19.8 Å². The molecule has 1 aromatic heterocycles. The van der Waals surface area contributed by atoms with E-state index < -0.39 is 0 Å². The molecule has 0 N–H and O–H groups in total. The number of aromatic nitrogens is 2. The predicted molar refractivity (Wildman–Crippen MR) is 121 cm³/mol. The topological polar surface area (TPSA) is 90.0 Å². The Labute approximate surface area is 187 Å². The summed E-state index contributed by atoms with van der Waals surface area (Å²) in [7, 11) is 3.90. The maximum Gasteiger partial charge on any atom is 0.261 e. The van der Waals surface area contributed by atoms with Gasteiger partial charge in [0.1, 0.15) is 17.5 Å². The van der Waals surface area contributed by atoms with Gasteiger partial charge in [-0.1, -0.05) is 12.1 Å². The molecule has 1 aromatic carbocycles. The van der Waals surface area contributed by atoms with E-state index in [0.29, 0.717) is 50.1 Å². The zero-order chi connectivity index (χ0) is 22.8. The third-order valence-electron chi connectivity index (χ3n) is 5.88.